The fourth-order valence-corrected chi connectivity index (χ4v) is 1.83. The molecular weight excluding hydrogens is 222 g/mol. The zero-order valence-electron chi connectivity index (χ0n) is 8.98. The Hall–Kier alpha value is -1.54. The molecule has 0 radical (unpaired) electrons. The predicted octanol–water partition coefficient (Wildman–Crippen LogP) is 2.86. The Morgan fingerprint density at radius 1 is 1.25 bits per heavy atom. The van der Waals surface area contributed by atoms with Crippen LogP contribution < -0.4 is 5.56 Å². The lowest BCUT2D eigenvalue weighted by atomic mass is 10.2. The largest absolute Gasteiger partial charge is 0.311 e. The van der Waals surface area contributed by atoms with E-state index in [0.29, 0.717) is 11.6 Å². The van der Waals surface area contributed by atoms with Crippen molar-refractivity contribution in [3.63, 3.8) is 0 Å². The SMILES string of the molecule is Cc1cccn(Cc2cccc(Cl)c2)c1=O. The van der Waals surface area contributed by atoms with Crippen molar-refractivity contribution in [1.29, 1.82) is 0 Å². The highest BCUT2D eigenvalue weighted by molar-refractivity contribution is 6.30. The van der Waals surface area contributed by atoms with Crippen LogP contribution in [0.3, 0.4) is 0 Å². The molecule has 16 heavy (non-hydrogen) atoms. The minimum absolute atomic E-state index is 0.0440. The highest BCUT2D eigenvalue weighted by atomic mass is 35.5. The highest BCUT2D eigenvalue weighted by Crippen LogP contribution is 2.11. The van der Waals surface area contributed by atoms with Gasteiger partial charge in [0, 0.05) is 16.8 Å². The molecule has 1 aromatic heterocycles. The molecule has 2 nitrogen and oxygen atoms in total. The van der Waals surface area contributed by atoms with Crippen LogP contribution >= 0.6 is 11.6 Å². The minimum atomic E-state index is 0.0440. The van der Waals surface area contributed by atoms with Gasteiger partial charge in [0.2, 0.25) is 0 Å². The summed E-state index contributed by atoms with van der Waals surface area (Å²) >= 11 is 5.89. The van der Waals surface area contributed by atoms with E-state index in [1.54, 1.807) is 10.8 Å². The lowest BCUT2D eigenvalue weighted by Crippen LogP contribution is -2.21. The van der Waals surface area contributed by atoms with E-state index < -0.39 is 0 Å². The molecule has 0 unspecified atom stereocenters. The van der Waals surface area contributed by atoms with Crippen LogP contribution in [-0.2, 0) is 6.54 Å². The van der Waals surface area contributed by atoms with Crippen LogP contribution in [0.5, 0.6) is 0 Å². The third kappa shape index (κ3) is 2.34. The number of aryl methyl sites for hydroxylation is 1. The van der Waals surface area contributed by atoms with Crippen molar-refractivity contribution in [3.8, 4) is 0 Å². The molecule has 3 heteroatoms. The standard InChI is InChI=1S/C13H12ClNO/c1-10-4-3-7-15(13(10)16)9-11-5-2-6-12(14)8-11/h2-8H,9H2,1H3. The summed E-state index contributed by atoms with van der Waals surface area (Å²) in [5.41, 5.74) is 1.83. The lowest BCUT2D eigenvalue weighted by Gasteiger charge is -2.06. The number of hydrogen-bond donors (Lipinski definition) is 0. The molecular formula is C13H12ClNO. The molecule has 1 aromatic carbocycles. The van der Waals surface area contributed by atoms with Crippen molar-refractivity contribution in [2.24, 2.45) is 0 Å². The second-order valence-electron chi connectivity index (χ2n) is 3.75. The molecule has 0 aliphatic rings. The number of aromatic nitrogens is 1. The van der Waals surface area contributed by atoms with Crippen LogP contribution in [0.4, 0.5) is 0 Å². The maximum Gasteiger partial charge on any atom is 0.253 e. The normalized spacial score (nSPS) is 10.4. The van der Waals surface area contributed by atoms with Gasteiger partial charge in [-0.15, -0.1) is 0 Å². The molecule has 0 fully saturated rings. The number of halogens is 1. The fraction of sp³-hybridized carbons (Fsp3) is 0.154. The summed E-state index contributed by atoms with van der Waals surface area (Å²) in [6.07, 6.45) is 1.79. The van der Waals surface area contributed by atoms with E-state index in [0.717, 1.165) is 11.1 Å². The van der Waals surface area contributed by atoms with E-state index in [9.17, 15) is 4.79 Å². The average Bonchev–Trinajstić information content (AvgIpc) is 2.25. The Bertz CT molecular complexity index is 560. The zero-order valence-corrected chi connectivity index (χ0v) is 9.74. The monoisotopic (exact) mass is 233 g/mol. The first-order valence-electron chi connectivity index (χ1n) is 5.07. The van der Waals surface area contributed by atoms with Gasteiger partial charge in [0.1, 0.15) is 0 Å². The third-order valence-electron chi connectivity index (χ3n) is 2.45. The molecule has 0 N–H and O–H groups in total. The molecule has 0 bridgehead atoms. The predicted molar refractivity (Wildman–Crippen MR) is 66.0 cm³/mol. The van der Waals surface area contributed by atoms with Crippen LogP contribution in [0.2, 0.25) is 5.02 Å². The summed E-state index contributed by atoms with van der Waals surface area (Å²) in [6, 6.07) is 11.2. The van der Waals surface area contributed by atoms with Crippen molar-refractivity contribution in [2.45, 2.75) is 13.5 Å². The van der Waals surface area contributed by atoms with Crippen molar-refractivity contribution in [1.82, 2.24) is 4.57 Å². The van der Waals surface area contributed by atoms with Crippen LogP contribution in [0.15, 0.2) is 47.4 Å². The molecule has 2 rings (SSSR count). The summed E-state index contributed by atoms with van der Waals surface area (Å²) in [5.74, 6) is 0. The van der Waals surface area contributed by atoms with E-state index >= 15 is 0 Å². The summed E-state index contributed by atoms with van der Waals surface area (Å²) in [7, 11) is 0. The number of pyridine rings is 1. The molecule has 0 atom stereocenters. The Kier molecular flexibility index (Phi) is 3.11. The van der Waals surface area contributed by atoms with Crippen LogP contribution in [0, 0.1) is 6.92 Å². The van der Waals surface area contributed by atoms with E-state index in [1.807, 2.05) is 43.3 Å². The van der Waals surface area contributed by atoms with E-state index in [1.165, 1.54) is 0 Å². The second kappa shape index (κ2) is 4.54. The van der Waals surface area contributed by atoms with Gasteiger partial charge in [0.05, 0.1) is 6.54 Å². The summed E-state index contributed by atoms with van der Waals surface area (Å²) in [4.78, 5) is 11.8. The Morgan fingerprint density at radius 3 is 2.81 bits per heavy atom. The van der Waals surface area contributed by atoms with Gasteiger partial charge in [0.15, 0.2) is 0 Å². The Balaban J connectivity index is 2.34. The zero-order chi connectivity index (χ0) is 11.5. The highest BCUT2D eigenvalue weighted by Gasteiger charge is 2.00. The van der Waals surface area contributed by atoms with Crippen molar-refractivity contribution in [2.75, 3.05) is 0 Å². The second-order valence-corrected chi connectivity index (χ2v) is 4.19. The fourth-order valence-electron chi connectivity index (χ4n) is 1.61. The smallest absolute Gasteiger partial charge is 0.253 e. The molecule has 0 saturated carbocycles. The molecule has 0 aliphatic heterocycles. The summed E-state index contributed by atoms with van der Waals surface area (Å²) in [5, 5.41) is 0.693. The van der Waals surface area contributed by atoms with E-state index in [-0.39, 0.29) is 5.56 Å². The average molecular weight is 234 g/mol. The molecule has 0 saturated heterocycles. The molecule has 82 valence electrons. The lowest BCUT2D eigenvalue weighted by molar-refractivity contribution is 0.752. The van der Waals surface area contributed by atoms with Gasteiger partial charge >= 0.3 is 0 Å². The number of rotatable bonds is 2. The van der Waals surface area contributed by atoms with Gasteiger partial charge < -0.3 is 4.57 Å². The van der Waals surface area contributed by atoms with Gasteiger partial charge in [-0.25, -0.2) is 0 Å². The maximum atomic E-state index is 11.8. The van der Waals surface area contributed by atoms with Crippen molar-refractivity contribution in [3.05, 3.63) is 69.1 Å². The van der Waals surface area contributed by atoms with Crippen LogP contribution in [-0.4, -0.2) is 4.57 Å². The molecule has 0 aliphatic carbocycles. The van der Waals surface area contributed by atoms with Crippen LogP contribution in [0.1, 0.15) is 11.1 Å². The molecule has 1 heterocycles. The van der Waals surface area contributed by atoms with E-state index in [4.69, 9.17) is 11.6 Å². The van der Waals surface area contributed by atoms with Gasteiger partial charge in [-0.1, -0.05) is 29.8 Å². The first kappa shape index (κ1) is 11.0. The summed E-state index contributed by atoms with van der Waals surface area (Å²) < 4.78 is 1.68. The number of hydrogen-bond acceptors (Lipinski definition) is 1. The minimum Gasteiger partial charge on any atom is -0.311 e. The van der Waals surface area contributed by atoms with Gasteiger partial charge in [-0.05, 0) is 30.7 Å². The topological polar surface area (TPSA) is 22.0 Å². The first-order valence-corrected chi connectivity index (χ1v) is 5.45. The Labute approximate surface area is 99.1 Å². The quantitative estimate of drug-likeness (QED) is 0.782. The molecule has 0 spiro atoms. The molecule has 0 amide bonds. The van der Waals surface area contributed by atoms with Gasteiger partial charge in [-0.3, -0.25) is 4.79 Å². The van der Waals surface area contributed by atoms with Gasteiger partial charge in [0.25, 0.3) is 5.56 Å². The van der Waals surface area contributed by atoms with E-state index in [2.05, 4.69) is 0 Å². The number of nitrogens with zero attached hydrogens (tertiary/aromatic N) is 1. The molecule has 2 aromatic rings. The van der Waals surface area contributed by atoms with Gasteiger partial charge in [-0.2, -0.15) is 0 Å². The van der Waals surface area contributed by atoms with Crippen LogP contribution in [0.25, 0.3) is 0 Å². The maximum absolute atomic E-state index is 11.8. The number of benzene rings is 1. The third-order valence-corrected chi connectivity index (χ3v) is 2.69. The van der Waals surface area contributed by atoms with Crippen molar-refractivity contribution >= 4 is 11.6 Å². The Morgan fingerprint density at radius 2 is 2.06 bits per heavy atom. The first-order chi connectivity index (χ1) is 7.66. The summed E-state index contributed by atoms with van der Waals surface area (Å²) in [6.45, 7) is 2.37. The van der Waals surface area contributed by atoms with Crippen molar-refractivity contribution < 1.29 is 0 Å².